The Morgan fingerprint density at radius 2 is 1.38 bits per heavy atom. The van der Waals surface area contributed by atoms with Gasteiger partial charge in [-0.25, -0.2) is 8.42 Å². The maximum Gasteiger partial charge on any atom is 0.261 e. The van der Waals surface area contributed by atoms with Crippen LogP contribution < -0.4 is 14.8 Å². The van der Waals surface area contributed by atoms with Crippen LogP contribution in [-0.4, -0.2) is 14.3 Å². The molecule has 160 valence electrons. The molecule has 0 bridgehead atoms. The first-order valence-corrected chi connectivity index (χ1v) is 11.3. The number of nitrogens with one attached hydrogen (secondary N) is 2. The monoisotopic (exact) mass is 444 g/mol. The molecule has 0 heterocycles. The highest BCUT2D eigenvalue weighted by atomic mass is 32.2. The molecule has 0 atom stereocenters. The predicted octanol–water partition coefficient (Wildman–Crippen LogP) is 5.53. The van der Waals surface area contributed by atoms with Gasteiger partial charge in [0.15, 0.2) is 5.75 Å². The molecule has 4 aromatic rings. The molecule has 0 aliphatic carbocycles. The van der Waals surface area contributed by atoms with E-state index in [1.54, 1.807) is 60.7 Å². The highest BCUT2D eigenvalue weighted by Crippen LogP contribution is 2.29. The fraction of sp³-hybridized carbons (Fsp3) is 0. The van der Waals surface area contributed by atoms with E-state index >= 15 is 0 Å². The first-order chi connectivity index (χ1) is 15.5. The summed E-state index contributed by atoms with van der Waals surface area (Å²) in [4.78, 5) is 12.9. The molecular formula is C25H20N2O4S. The predicted molar refractivity (Wildman–Crippen MR) is 125 cm³/mol. The van der Waals surface area contributed by atoms with E-state index in [1.165, 1.54) is 18.2 Å². The number of para-hydroxylation sites is 4. The molecule has 4 rings (SSSR count). The second-order valence-electron chi connectivity index (χ2n) is 6.86. The third kappa shape index (κ3) is 5.14. The number of carbonyl (C=O) groups excluding carboxylic acids is 1. The van der Waals surface area contributed by atoms with E-state index in [0.717, 1.165) is 0 Å². The van der Waals surface area contributed by atoms with Gasteiger partial charge in [-0.3, -0.25) is 9.52 Å². The van der Waals surface area contributed by atoms with Crippen molar-refractivity contribution < 1.29 is 17.9 Å². The molecular weight excluding hydrogens is 424 g/mol. The van der Waals surface area contributed by atoms with Crippen LogP contribution in [0.3, 0.4) is 0 Å². The molecule has 4 aromatic carbocycles. The Kier molecular flexibility index (Phi) is 6.19. The zero-order chi connectivity index (χ0) is 22.4. The van der Waals surface area contributed by atoms with Gasteiger partial charge in [-0.05, 0) is 54.6 Å². The maximum absolute atomic E-state index is 12.9. The van der Waals surface area contributed by atoms with Gasteiger partial charge < -0.3 is 10.1 Å². The van der Waals surface area contributed by atoms with Crippen LogP contribution in [0.1, 0.15) is 10.4 Å². The first-order valence-electron chi connectivity index (χ1n) is 9.82. The number of carbonyl (C=O) groups is 1. The summed E-state index contributed by atoms with van der Waals surface area (Å²) in [6.07, 6.45) is 0. The number of amides is 1. The molecule has 0 radical (unpaired) electrons. The van der Waals surface area contributed by atoms with Crippen LogP contribution in [0, 0.1) is 0 Å². The Labute approximate surface area is 186 Å². The minimum absolute atomic E-state index is 0.0113. The molecule has 0 unspecified atom stereocenters. The van der Waals surface area contributed by atoms with Crippen LogP contribution >= 0.6 is 0 Å². The Balaban J connectivity index is 1.54. The normalized spacial score (nSPS) is 10.9. The van der Waals surface area contributed by atoms with Gasteiger partial charge in [0, 0.05) is 11.3 Å². The van der Waals surface area contributed by atoms with E-state index in [4.69, 9.17) is 4.74 Å². The summed E-state index contributed by atoms with van der Waals surface area (Å²) in [5.74, 6) is 0.654. The Bertz CT molecular complexity index is 1320. The van der Waals surface area contributed by atoms with Gasteiger partial charge in [-0.2, -0.15) is 0 Å². The molecule has 6 nitrogen and oxygen atoms in total. The van der Waals surface area contributed by atoms with Crippen LogP contribution in [-0.2, 0) is 10.0 Å². The fourth-order valence-electron chi connectivity index (χ4n) is 2.99. The van der Waals surface area contributed by atoms with Gasteiger partial charge in [0.2, 0.25) is 0 Å². The van der Waals surface area contributed by atoms with E-state index in [1.807, 2.05) is 30.3 Å². The Morgan fingerprint density at radius 3 is 2.12 bits per heavy atom. The van der Waals surface area contributed by atoms with Crippen LogP contribution in [0.4, 0.5) is 11.4 Å². The van der Waals surface area contributed by atoms with Crippen molar-refractivity contribution in [3.63, 3.8) is 0 Å². The summed E-state index contributed by atoms with van der Waals surface area (Å²) >= 11 is 0. The average molecular weight is 445 g/mol. The van der Waals surface area contributed by atoms with E-state index < -0.39 is 15.9 Å². The smallest absolute Gasteiger partial charge is 0.261 e. The van der Waals surface area contributed by atoms with Crippen molar-refractivity contribution in [3.8, 4) is 11.5 Å². The minimum Gasteiger partial charge on any atom is -0.455 e. The second kappa shape index (κ2) is 9.36. The van der Waals surface area contributed by atoms with Gasteiger partial charge in [0.05, 0.1) is 10.6 Å². The molecule has 1 amide bonds. The number of sulfonamides is 1. The van der Waals surface area contributed by atoms with Crippen LogP contribution in [0.25, 0.3) is 0 Å². The van der Waals surface area contributed by atoms with Gasteiger partial charge >= 0.3 is 0 Å². The van der Waals surface area contributed by atoms with Crippen molar-refractivity contribution in [2.45, 2.75) is 4.90 Å². The van der Waals surface area contributed by atoms with Crippen LogP contribution in [0.15, 0.2) is 114 Å². The van der Waals surface area contributed by atoms with Crippen molar-refractivity contribution in [1.29, 1.82) is 0 Å². The lowest BCUT2D eigenvalue weighted by Crippen LogP contribution is -2.16. The molecule has 32 heavy (non-hydrogen) atoms. The number of hydrogen-bond donors (Lipinski definition) is 2. The second-order valence-corrected chi connectivity index (χ2v) is 8.55. The number of rotatable bonds is 7. The van der Waals surface area contributed by atoms with Crippen molar-refractivity contribution in [2.24, 2.45) is 0 Å². The maximum atomic E-state index is 12.9. The molecule has 0 spiro atoms. The van der Waals surface area contributed by atoms with Gasteiger partial charge in [-0.15, -0.1) is 0 Å². The quantitative estimate of drug-likeness (QED) is 0.392. The summed E-state index contributed by atoms with van der Waals surface area (Å²) in [5, 5.41) is 2.80. The number of hydrogen-bond acceptors (Lipinski definition) is 4. The molecule has 2 N–H and O–H groups in total. The number of benzene rings is 4. The lowest BCUT2D eigenvalue weighted by Gasteiger charge is -2.13. The lowest BCUT2D eigenvalue weighted by molar-refractivity contribution is 0.102. The Hall–Kier alpha value is -4.10. The van der Waals surface area contributed by atoms with Gasteiger partial charge in [-0.1, -0.05) is 54.6 Å². The van der Waals surface area contributed by atoms with Crippen molar-refractivity contribution in [2.75, 3.05) is 10.0 Å². The zero-order valence-corrected chi connectivity index (χ0v) is 17.8. The van der Waals surface area contributed by atoms with E-state index in [9.17, 15) is 13.2 Å². The van der Waals surface area contributed by atoms with E-state index in [2.05, 4.69) is 10.0 Å². The fourth-order valence-corrected chi connectivity index (χ4v) is 4.10. The Morgan fingerprint density at radius 1 is 0.719 bits per heavy atom. The molecule has 7 heteroatoms. The number of ether oxygens (including phenoxy) is 1. The molecule has 0 aliphatic heterocycles. The van der Waals surface area contributed by atoms with Crippen molar-refractivity contribution in [3.05, 3.63) is 115 Å². The molecule has 0 aromatic heterocycles. The number of anilines is 2. The average Bonchev–Trinajstić information content (AvgIpc) is 2.81. The summed E-state index contributed by atoms with van der Waals surface area (Å²) in [5.41, 5.74) is 1.11. The molecule has 0 fully saturated rings. The largest absolute Gasteiger partial charge is 0.455 e. The third-order valence-corrected chi connectivity index (χ3v) is 5.92. The van der Waals surface area contributed by atoms with Crippen LogP contribution in [0.2, 0.25) is 0 Å². The van der Waals surface area contributed by atoms with Gasteiger partial charge in [0.25, 0.3) is 15.9 Å². The first kappa shape index (κ1) is 21.1. The van der Waals surface area contributed by atoms with Crippen molar-refractivity contribution >= 4 is 27.3 Å². The van der Waals surface area contributed by atoms with Gasteiger partial charge in [0.1, 0.15) is 5.75 Å². The minimum atomic E-state index is -3.85. The summed E-state index contributed by atoms with van der Waals surface area (Å²) in [6, 6.07) is 30.7. The third-order valence-electron chi connectivity index (χ3n) is 4.54. The van der Waals surface area contributed by atoms with Crippen LogP contribution in [0.5, 0.6) is 11.5 Å². The molecule has 0 saturated heterocycles. The van der Waals surface area contributed by atoms with E-state index in [0.29, 0.717) is 22.9 Å². The highest BCUT2D eigenvalue weighted by molar-refractivity contribution is 7.92. The summed E-state index contributed by atoms with van der Waals surface area (Å²) in [7, 11) is -3.85. The topological polar surface area (TPSA) is 84.5 Å². The highest BCUT2D eigenvalue weighted by Gasteiger charge is 2.17. The molecule has 0 aliphatic rings. The molecule has 0 saturated carbocycles. The van der Waals surface area contributed by atoms with E-state index in [-0.39, 0.29) is 10.5 Å². The van der Waals surface area contributed by atoms with Crippen molar-refractivity contribution in [1.82, 2.24) is 0 Å². The zero-order valence-electron chi connectivity index (χ0n) is 16.9. The standard InChI is InChI=1S/C25H20N2O4S/c28-25(26-23-16-7-8-17-24(23)31-21-13-5-2-6-14-21)19-10-9-15-22(18-19)32(29,30)27-20-11-3-1-4-12-20/h1-18,27H,(H,26,28). The summed E-state index contributed by atoms with van der Waals surface area (Å²) < 4.78 is 33.8. The lowest BCUT2D eigenvalue weighted by atomic mass is 10.2. The SMILES string of the molecule is O=C(Nc1ccccc1Oc1ccccc1)c1cccc(S(=O)(=O)Nc2ccccc2)c1. The summed E-state index contributed by atoms with van der Waals surface area (Å²) in [6.45, 7) is 0.